The van der Waals surface area contributed by atoms with E-state index in [0.29, 0.717) is 22.4 Å². The Kier molecular flexibility index (Phi) is 13.6. The van der Waals surface area contributed by atoms with Crippen LogP contribution in [0, 0.1) is 31.1 Å². The molecule has 0 saturated heterocycles. The number of rotatable bonds is 15. The largest absolute Gasteiger partial charge is 0.508 e. The standard InChI is InChI=1S/C46H40N4O10/c1-25(22-28-6-14-34(51)15-7-28)39(52)23-29-4-8-30(9-5-29)40(53)24-32(20-21-47)44(57)48-33-12-10-31(11-13-33)43(56)49-37-18-16-35(41(54)26(37)2)45(58)50-38-19-17-36(46(59)60)42(55)27(38)3/h4-19,22,32,51,54-55H,20,23-24H2,1-3H3,(H,48,57)(H,49,56)(H,50,58)(H,59,60)/b25-22+. The molecule has 1 unspecified atom stereocenters. The first-order chi connectivity index (χ1) is 28.6. The van der Waals surface area contributed by atoms with Gasteiger partial charge in [-0.1, -0.05) is 36.4 Å². The third-order valence-electron chi connectivity index (χ3n) is 9.75. The monoisotopic (exact) mass is 808 g/mol. The number of Topliss-reactive ketones (excluding diaryl/α,β-unsaturated/α-hetero) is 2. The lowest BCUT2D eigenvalue weighted by molar-refractivity contribution is -0.119. The molecule has 0 saturated carbocycles. The molecule has 7 N–H and O–H groups in total. The van der Waals surface area contributed by atoms with E-state index in [1.54, 1.807) is 49.4 Å². The number of nitriles is 1. The fourth-order valence-electron chi connectivity index (χ4n) is 6.10. The van der Waals surface area contributed by atoms with Crippen LogP contribution >= 0.6 is 0 Å². The zero-order valence-corrected chi connectivity index (χ0v) is 32.7. The van der Waals surface area contributed by atoms with Crippen molar-refractivity contribution in [2.75, 3.05) is 16.0 Å². The van der Waals surface area contributed by atoms with E-state index < -0.39 is 41.1 Å². The zero-order chi connectivity index (χ0) is 43.7. The molecule has 5 aromatic rings. The number of nitrogens with one attached hydrogen (secondary N) is 3. The van der Waals surface area contributed by atoms with E-state index in [1.165, 1.54) is 68.4 Å². The molecule has 14 nitrogen and oxygen atoms in total. The topological polar surface area (TPSA) is 243 Å². The van der Waals surface area contributed by atoms with Crippen LogP contribution in [-0.2, 0) is 16.0 Å². The minimum Gasteiger partial charge on any atom is -0.508 e. The van der Waals surface area contributed by atoms with Gasteiger partial charge >= 0.3 is 5.97 Å². The third-order valence-corrected chi connectivity index (χ3v) is 9.75. The van der Waals surface area contributed by atoms with Crippen molar-refractivity contribution in [2.45, 2.75) is 40.0 Å². The smallest absolute Gasteiger partial charge is 0.339 e. The summed E-state index contributed by atoms with van der Waals surface area (Å²) in [5.74, 6) is -5.49. The lowest BCUT2D eigenvalue weighted by atomic mass is 9.94. The number of allylic oxidation sites excluding steroid dienone is 1. The van der Waals surface area contributed by atoms with Crippen molar-refractivity contribution in [3.05, 3.63) is 147 Å². The van der Waals surface area contributed by atoms with Gasteiger partial charge < -0.3 is 36.4 Å². The Bertz CT molecular complexity index is 2570. The second kappa shape index (κ2) is 18.9. The summed E-state index contributed by atoms with van der Waals surface area (Å²) in [5.41, 5.74) is 2.94. The summed E-state index contributed by atoms with van der Waals surface area (Å²) in [5, 5.41) is 57.0. The molecule has 0 bridgehead atoms. The summed E-state index contributed by atoms with van der Waals surface area (Å²) in [7, 11) is 0. The molecule has 1 atom stereocenters. The molecule has 0 fully saturated rings. The van der Waals surface area contributed by atoms with Crippen LogP contribution in [0.5, 0.6) is 17.2 Å². The van der Waals surface area contributed by atoms with E-state index in [2.05, 4.69) is 16.0 Å². The molecule has 304 valence electrons. The number of nitrogens with zero attached hydrogens (tertiary/aromatic N) is 1. The minimum atomic E-state index is -1.34. The van der Waals surface area contributed by atoms with Crippen LogP contribution in [0.2, 0.25) is 0 Å². The molecule has 0 aliphatic heterocycles. The van der Waals surface area contributed by atoms with Gasteiger partial charge in [-0.3, -0.25) is 24.0 Å². The number of amides is 3. The van der Waals surface area contributed by atoms with Gasteiger partial charge in [0.15, 0.2) is 11.6 Å². The summed E-state index contributed by atoms with van der Waals surface area (Å²) in [6, 6.07) is 25.9. The van der Waals surface area contributed by atoms with E-state index in [4.69, 9.17) is 0 Å². The molecular formula is C46H40N4O10. The first-order valence-electron chi connectivity index (χ1n) is 18.5. The number of aromatic hydroxyl groups is 3. The van der Waals surface area contributed by atoms with Crippen LogP contribution in [-0.4, -0.2) is 55.7 Å². The summed E-state index contributed by atoms with van der Waals surface area (Å²) < 4.78 is 0. The maximum absolute atomic E-state index is 13.2. The highest BCUT2D eigenvalue weighted by atomic mass is 16.4. The Morgan fingerprint density at radius 2 is 1.23 bits per heavy atom. The maximum atomic E-state index is 13.2. The van der Waals surface area contributed by atoms with Crippen molar-refractivity contribution in [1.82, 2.24) is 0 Å². The number of carbonyl (C=O) groups excluding carboxylic acids is 5. The summed E-state index contributed by atoms with van der Waals surface area (Å²) in [6.45, 7) is 4.61. The summed E-state index contributed by atoms with van der Waals surface area (Å²) in [4.78, 5) is 76.6. The summed E-state index contributed by atoms with van der Waals surface area (Å²) in [6.07, 6.45) is 1.35. The van der Waals surface area contributed by atoms with E-state index in [-0.39, 0.29) is 75.8 Å². The average molecular weight is 809 g/mol. The van der Waals surface area contributed by atoms with Gasteiger partial charge in [0.1, 0.15) is 22.8 Å². The lowest BCUT2D eigenvalue weighted by Crippen LogP contribution is -2.25. The van der Waals surface area contributed by atoms with Crippen LogP contribution in [0.4, 0.5) is 17.1 Å². The van der Waals surface area contributed by atoms with Crippen molar-refractivity contribution in [1.29, 1.82) is 5.26 Å². The average Bonchev–Trinajstić information content (AvgIpc) is 3.22. The number of carbonyl (C=O) groups is 6. The lowest BCUT2D eigenvalue weighted by Gasteiger charge is -2.15. The molecule has 0 heterocycles. The number of phenols is 3. The number of carboxylic acids is 1. The highest BCUT2D eigenvalue weighted by Gasteiger charge is 2.24. The quantitative estimate of drug-likeness (QED) is 0.0401. The maximum Gasteiger partial charge on any atom is 0.339 e. The third kappa shape index (κ3) is 10.5. The number of phenolic OH excluding ortho intramolecular Hbond substituents is 2. The molecule has 14 heteroatoms. The van der Waals surface area contributed by atoms with Crippen molar-refractivity contribution < 1.29 is 49.2 Å². The van der Waals surface area contributed by atoms with Crippen molar-refractivity contribution >= 4 is 58.4 Å². The Morgan fingerprint density at radius 1 is 0.683 bits per heavy atom. The van der Waals surface area contributed by atoms with Gasteiger partial charge in [0.2, 0.25) is 5.91 Å². The highest BCUT2D eigenvalue weighted by Crippen LogP contribution is 2.33. The fraction of sp³-hybridized carbons (Fsp3) is 0.152. The van der Waals surface area contributed by atoms with E-state index in [1.807, 2.05) is 6.07 Å². The normalized spacial score (nSPS) is 11.5. The molecule has 5 rings (SSSR count). The molecule has 0 spiro atoms. The van der Waals surface area contributed by atoms with Crippen molar-refractivity contribution in [2.24, 2.45) is 5.92 Å². The van der Waals surface area contributed by atoms with E-state index >= 15 is 0 Å². The molecule has 60 heavy (non-hydrogen) atoms. The van der Waals surface area contributed by atoms with Gasteiger partial charge in [-0.2, -0.15) is 5.26 Å². The fourth-order valence-corrected chi connectivity index (χ4v) is 6.10. The second-order valence-electron chi connectivity index (χ2n) is 14.0. The number of hydrogen-bond donors (Lipinski definition) is 7. The number of aromatic carboxylic acids is 1. The van der Waals surface area contributed by atoms with Crippen LogP contribution in [0.3, 0.4) is 0 Å². The highest BCUT2D eigenvalue weighted by molar-refractivity contribution is 6.09. The van der Waals surface area contributed by atoms with Gasteiger partial charge in [-0.15, -0.1) is 0 Å². The Morgan fingerprint density at radius 3 is 1.82 bits per heavy atom. The van der Waals surface area contributed by atoms with Gasteiger partial charge in [0, 0.05) is 58.6 Å². The Balaban J connectivity index is 1.16. The SMILES string of the molecule is C/C(=C\c1ccc(O)cc1)C(=O)Cc1ccc(C(=O)CC(CC#N)C(=O)Nc2ccc(C(=O)Nc3ccc(C(=O)Nc4ccc(C(=O)O)c(O)c4C)c(O)c3C)cc2)cc1. The van der Waals surface area contributed by atoms with Crippen LogP contribution in [0.25, 0.3) is 6.08 Å². The van der Waals surface area contributed by atoms with Crippen molar-refractivity contribution in [3.8, 4) is 23.3 Å². The zero-order valence-electron chi connectivity index (χ0n) is 32.7. The van der Waals surface area contributed by atoms with Crippen LogP contribution in [0.15, 0.2) is 103 Å². The predicted molar refractivity (Wildman–Crippen MR) is 223 cm³/mol. The molecule has 0 aliphatic rings. The van der Waals surface area contributed by atoms with Crippen molar-refractivity contribution in [3.63, 3.8) is 0 Å². The predicted octanol–water partition coefficient (Wildman–Crippen LogP) is 7.58. The summed E-state index contributed by atoms with van der Waals surface area (Å²) >= 11 is 0. The van der Waals surface area contributed by atoms with Gasteiger partial charge in [0.25, 0.3) is 11.8 Å². The Hall–Kier alpha value is -8.05. The van der Waals surface area contributed by atoms with E-state index in [0.717, 1.165) is 11.6 Å². The molecule has 0 aromatic heterocycles. The number of carboxylic acid groups (broad SMARTS) is 1. The second-order valence-corrected chi connectivity index (χ2v) is 14.0. The number of benzene rings is 5. The molecule has 0 radical (unpaired) electrons. The molecule has 3 amide bonds. The van der Waals surface area contributed by atoms with E-state index in [9.17, 15) is 54.5 Å². The number of ketones is 2. The molecule has 0 aliphatic carbocycles. The first-order valence-corrected chi connectivity index (χ1v) is 18.5. The van der Waals surface area contributed by atoms with Gasteiger partial charge in [-0.05, 0) is 104 Å². The number of hydrogen-bond acceptors (Lipinski definition) is 10. The minimum absolute atomic E-state index is 0.107. The van der Waals surface area contributed by atoms with Gasteiger partial charge in [-0.25, -0.2) is 4.79 Å². The van der Waals surface area contributed by atoms with Crippen LogP contribution in [0.1, 0.15) is 83.5 Å². The first kappa shape index (κ1) is 43.1. The molecule has 5 aromatic carbocycles. The number of anilines is 3. The van der Waals surface area contributed by atoms with Crippen LogP contribution < -0.4 is 16.0 Å². The Labute approximate surface area is 344 Å². The molecular weight excluding hydrogens is 769 g/mol. The van der Waals surface area contributed by atoms with Gasteiger partial charge in [0.05, 0.1) is 17.6 Å².